The van der Waals surface area contributed by atoms with Crippen molar-refractivity contribution in [2.75, 3.05) is 0 Å². The summed E-state index contributed by atoms with van der Waals surface area (Å²) in [7, 11) is 0. The van der Waals surface area contributed by atoms with Crippen LogP contribution in [0.3, 0.4) is 0 Å². The van der Waals surface area contributed by atoms with Gasteiger partial charge in [0.1, 0.15) is 5.82 Å². The largest absolute Gasteiger partial charge is 0.294 e. The summed E-state index contributed by atoms with van der Waals surface area (Å²) in [4.78, 5) is 16.2. The number of benzene rings is 1. The number of halogens is 2. The van der Waals surface area contributed by atoms with E-state index < -0.39 is 0 Å². The Balaban J connectivity index is 2.20. The van der Waals surface area contributed by atoms with Gasteiger partial charge in [-0.15, -0.1) is 11.3 Å². The van der Waals surface area contributed by atoms with Gasteiger partial charge in [-0.3, -0.25) is 4.79 Å². The maximum absolute atomic E-state index is 12.9. The zero-order chi connectivity index (χ0) is 12.4. The molecule has 2 nitrogen and oxygen atoms in total. The standard InChI is InChI=1S/C12H9FINOS/c1-7-15-9(6-17-7)5-12(16)10-3-2-8(13)4-11(10)14/h2-4,6H,5H2,1H3. The predicted molar refractivity (Wildman–Crippen MR) is 74.0 cm³/mol. The lowest BCUT2D eigenvalue weighted by molar-refractivity contribution is 0.0991. The molecule has 0 radical (unpaired) electrons. The van der Waals surface area contributed by atoms with Crippen LogP contribution in [0.25, 0.3) is 0 Å². The molecule has 0 saturated heterocycles. The van der Waals surface area contributed by atoms with Gasteiger partial charge < -0.3 is 0 Å². The molecule has 0 saturated carbocycles. The monoisotopic (exact) mass is 361 g/mol. The van der Waals surface area contributed by atoms with Gasteiger partial charge >= 0.3 is 0 Å². The zero-order valence-corrected chi connectivity index (χ0v) is 12.0. The number of hydrogen-bond donors (Lipinski definition) is 0. The third-order valence-corrected chi connectivity index (χ3v) is 3.95. The Morgan fingerprint density at radius 3 is 2.88 bits per heavy atom. The Bertz CT molecular complexity index is 567. The summed E-state index contributed by atoms with van der Waals surface area (Å²) >= 11 is 3.49. The van der Waals surface area contributed by atoms with Crippen molar-refractivity contribution in [2.24, 2.45) is 0 Å². The first-order valence-corrected chi connectivity index (χ1v) is 6.91. The van der Waals surface area contributed by atoms with Gasteiger partial charge in [0.25, 0.3) is 0 Å². The van der Waals surface area contributed by atoms with Crippen molar-refractivity contribution in [1.82, 2.24) is 4.98 Å². The highest BCUT2D eigenvalue weighted by atomic mass is 127. The molecule has 5 heteroatoms. The van der Waals surface area contributed by atoms with Crippen LogP contribution in [0.5, 0.6) is 0 Å². The lowest BCUT2D eigenvalue weighted by atomic mass is 10.1. The number of carbonyl (C=O) groups is 1. The molecule has 0 amide bonds. The van der Waals surface area contributed by atoms with E-state index in [0.29, 0.717) is 9.13 Å². The summed E-state index contributed by atoms with van der Waals surface area (Å²) in [6.07, 6.45) is 0.270. The van der Waals surface area contributed by atoms with Crippen LogP contribution in [-0.2, 0) is 6.42 Å². The van der Waals surface area contributed by atoms with Crippen molar-refractivity contribution in [1.29, 1.82) is 0 Å². The normalized spacial score (nSPS) is 10.5. The Morgan fingerprint density at radius 2 is 2.29 bits per heavy atom. The van der Waals surface area contributed by atoms with Crippen LogP contribution in [0.2, 0.25) is 0 Å². The summed E-state index contributed by atoms with van der Waals surface area (Å²) in [6, 6.07) is 4.19. The van der Waals surface area contributed by atoms with Gasteiger partial charge in [0.15, 0.2) is 5.78 Å². The smallest absolute Gasteiger partial charge is 0.169 e. The molecule has 0 atom stereocenters. The number of Topliss-reactive ketones (excluding diaryl/α,β-unsaturated/α-hetero) is 1. The average molecular weight is 361 g/mol. The van der Waals surface area contributed by atoms with E-state index in [1.807, 2.05) is 34.9 Å². The van der Waals surface area contributed by atoms with Gasteiger partial charge in [0.2, 0.25) is 0 Å². The molecule has 1 heterocycles. The van der Waals surface area contributed by atoms with Crippen LogP contribution < -0.4 is 0 Å². The van der Waals surface area contributed by atoms with Crippen LogP contribution in [0.15, 0.2) is 23.6 Å². The van der Waals surface area contributed by atoms with Crippen LogP contribution in [0.4, 0.5) is 4.39 Å². The van der Waals surface area contributed by atoms with Crippen molar-refractivity contribution >= 4 is 39.7 Å². The zero-order valence-electron chi connectivity index (χ0n) is 9.04. The maximum Gasteiger partial charge on any atom is 0.169 e. The van der Waals surface area contributed by atoms with Gasteiger partial charge in [-0.05, 0) is 47.7 Å². The fourth-order valence-corrected chi connectivity index (χ4v) is 2.86. The SMILES string of the molecule is Cc1nc(CC(=O)c2ccc(F)cc2I)cs1. The van der Waals surface area contributed by atoms with E-state index in [1.54, 1.807) is 0 Å². The van der Waals surface area contributed by atoms with Gasteiger partial charge in [-0.2, -0.15) is 0 Å². The molecule has 0 bridgehead atoms. The Kier molecular flexibility index (Phi) is 3.88. The third-order valence-electron chi connectivity index (χ3n) is 2.24. The summed E-state index contributed by atoms with van der Waals surface area (Å²) in [6.45, 7) is 1.90. The third kappa shape index (κ3) is 3.10. The highest BCUT2D eigenvalue weighted by Gasteiger charge is 2.12. The van der Waals surface area contributed by atoms with Crippen molar-refractivity contribution in [2.45, 2.75) is 13.3 Å². The van der Waals surface area contributed by atoms with Gasteiger partial charge in [0, 0.05) is 14.5 Å². The molecule has 1 aromatic carbocycles. The molecule has 0 aliphatic rings. The number of ketones is 1. The van der Waals surface area contributed by atoms with E-state index in [4.69, 9.17) is 0 Å². The number of aryl methyl sites for hydroxylation is 1. The van der Waals surface area contributed by atoms with Crippen LogP contribution in [0, 0.1) is 16.3 Å². The summed E-state index contributed by atoms with van der Waals surface area (Å²) in [5.74, 6) is -0.352. The molecule has 0 aliphatic heterocycles. The van der Waals surface area contributed by atoms with E-state index in [2.05, 4.69) is 4.98 Å². The Morgan fingerprint density at radius 1 is 1.53 bits per heavy atom. The Labute approximate surface area is 116 Å². The van der Waals surface area contributed by atoms with Crippen molar-refractivity contribution < 1.29 is 9.18 Å². The van der Waals surface area contributed by atoms with Crippen molar-refractivity contribution in [3.8, 4) is 0 Å². The number of rotatable bonds is 3. The number of carbonyl (C=O) groups excluding carboxylic acids is 1. The van der Waals surface area contributed by atoms with E-state index in [9.17, 15) is 9.18 Å². The van der Waals surface area contributed by atoms with E-state index in [0.717, 1.165) is 10.7 Å². The van der Waals surface area contributed by atoms with E-state index in [-0.39, 0.29) is 18.0 Å². The second kappa shape index (κ2) is 5.22. The minimum absolute atomic E-state index is 0.0281. The second-order valence-corrected chi connectivity index (χ2v) is 5.81. The molecule has 0 aliphatic carbocycles. The molecule has 0 fully saturated rings. The predicted octanol–water partition coefficient (Wildman–Crippen LogP) is 3.62. The van der Waals surface area contributed by atoms with E-state index >= 15 is 0 Å². The van der Waals surface area contributed by atoms with E-state index in [1.165, 1.54) is 29.5 Å². The number of thiazole rings is 1. The minimum Gasteiger partial charge on any atom is -0.294 e. The average Bonchev–Trinajstić information content (AvgIpc) is 2.63. The van der Waals surface area contributed by atoms with Crippen LogP contribution in [0.1, 0.15) is 21.1 Å². The first-order valence-electron chi connectivity index (χ1n) is 4.95. The molecule has 17 heavy (non-hydrogen) atoms. The molecule has 0 spiro atoms. The van der Waals surface area contributed by atoms with Gasteiger partial charge in [-0.25, -0.2) is 9.37 Å². The summed E-state index contributed by atoms with van der Waals surface area (Å²) in [5, 5.41) is 2.82. The van der Waals surface area contributed by atoms with Crippen molar-refractivity contribution in [3.05, 3.63) is 49.2 Å². The fourth-order valence-electron chi connectivity index (χ4n) is 1.46. The highest BCUT2D eigenvalue weighted by molar-refractivity contribution is 14.1. The minimum atomic E-state index is -0.324. The van der Waals surface area contributed by atoms with Crippen molar-refractivity contribution in [3.63, 3.8) is 0 Å². The number of aromatic nitrogens is 1. The summed E-state index contributed by atoms with van der Waals surface area (Å²) < 4.78 is 13.6. The first-order chi connectivity index (χ1) is 8.06. The number of nitrogens with zero attached hydrogens (tertiary/aromatic N) is 1. The maximum atomic E-state index is 12.9. The molecule has 0 N–H and O–H groups in total. The lowest BCUT2D eigenvalue weighted by Gasteiger charge is -2.02. The molecule has 2 rings (SSSR count). The molecule has 88 valence electrons. The molecular weight excluding hydrogens is 352 g/mol. The van der Waals surface area contributed by atoms with Crippen LogP contribution >= 0.6 is 33.9 Å². The fraction of sp³-hybridized carbons (Fsp3) is 0.167. The molecule has 0 unspecified atom stereocenters. The van der Waals surface area contributed by atoms with Gasteiger partial charge in [-0.1, -0.05) is 0 Å². The Hall–Kier alpha value is -0.820. The quantitative estimate of drug-likeness (QED) is 0.618. The van der Waals surface area contributed by atoms with Gasteiger partial charge in [0.05, 0.1) is 17.1 Å². The first kappa shape index (κ1) is 12.6. The highest BCUT2D eigenvalue weighted by Crippen LogP contribution is 2.17. The second-order valence-electron chi connectivity index (χ2n) is 3.58. The molecule has 1 aromatic heterocycles. The number of hydrogen-bond acceptors (Lipinski definition) is 3. The van der Waals surface area contributed by atoms with Crippen LogP contribution in [-0.4, -0.2) is 10.8 Å². The molecular formula is C12H9FINOS. The lowest BCUT2D eigenvalue weighted by Crippen LogP contribution is -2.06. The topological polar surface area (TPSA) is 30.0 Å². The molecule has 2 aromatic rings. The summed E-state index contributed by atoms with van der Waals surface area (Å²) in [5.41, 5.74) is 1.33.